The van der Waals surface area contributed by atoms with E-state index in [-0.39, 0.29) is 0 Å². The molecule has 0 spiro atoms. The summed E-state index contributed by atoms with van der Waals surface area (Å²) in [6.07, 6.45) is 2.32. The summed E-state index contributed by atoms with van der Waals surface area (Å²) in [5.41, 5.74) is 1.22. The van der Waals surface area contributed by atoms with E-state index in [4.69, 9.17) is 4.74 Å². The van der Waals surface area contributed by atoms with Crippen molar-refractivity contribution in [2.45, 2.75) is 25.8 Å². The van der Waals surface area contributed by atoms with Crippen LogP contribution in [-0.2, 0) is 4.74 Å². The van der Waals surface area contributed by atoms with E-state index in [0.717, 1.165) is 38.5 Å². The van der Waals surface area contributed by atoms with Crippen LogP contribution in [0.3, 0.4) is 0 Å². The number of ether oxygens (including phenoxy) is 1. The minimum Gasteiger partial charge on any atom is -0.508 e. The highest BCUT2D eigenvalue weighted by atomic mass is 16.5. The standard InChI is InChI=1S/C14H21NO2/c1-11(13-2-4-14(16)5-3-13)15-10-12-6-8-17-9-7-12/h2-5,11-12,15-16H,6-10H2,1H3. The topological polar surface area (TPSA) is 41.5 Å². The summed E-state index contributed by atoms with van der Waals surface area (Å²) in [4.78, 5) is 0. The maximum atomic E-state index is 9.24. The van der Waals surface area contributed by atoms with Gasteiger partial charge in [0.15, 0.2) is 0 Å². The highest BCUT2D eigenvalue weighted by Gasteiger charge is 2.14. The Labute approximate surface area is 103 Å². The minimum absolute atomic E-state index is 0.324. The summed E-state index contributed by atoms with van der Waals surface area (Å²) in [6.45, 7) is 5.01. The zero-order valence-corrected chi connectivity index (χ0v) is 10.4. The van der Waals surface area contributed by atoms with Crippen molar-refractivity contribution >= 4 is 0 Å². The summed E-state index contributed by atoms with van der Waals surface area (Å²) in [5.74, 6) is 1.06. The summed E-state index contributed by atoms with van der Waals surface area (Å²) < 4.78 is 5.35. The fourth-order valence-electron chi connectivity index (χ4n) is 2.17. The fourth-order valence-corrected chi connectivity index (χ4v) is 2.17. The highest BCUT2D eigenvalue weighted by molar-refractivity contribution is 5.27. The Morgan fingerprint density at radius 3 is 2.59 bits per heavy atom. The molecule has 0 aromatic heterocycles. The lowest BCUT2D eigenvalue weighted by Gasteiger charge is -2.24. The molecule has 2 N–H and O–H groups in total. The molecule has 1 aliphatic heterocycles. The van der Waals surface area contributed by atoms with Crippen LogP contribution >= 0.6 is 0 Å². The van der Waals surface area contributed by atoms with Crippen molar-refractivity contribution < 1.29 is 9.84 Å². The average molecular weight is 235 g/mol. The van der Waals surface area contributed by atoms with Gasteiger partial charge in [-0.25, -0.2) is 0 Å². The zero-order valence-electron chi connectivity index (χ0n) is 10.4. The first kappa shape index (κ1) is 12.4. The van der Waals surface area contributed by atoms with Crippen LogP contribution < -0.4 is 5.32 Å². The predicted molar refractivity (Wildman–Crippen MR) is 68.1 cm³/mol. The lowest BCUT2D eigenvalue weighted by Crippen LogP contribution is -2.29. The number of hydrogen-bond donors (Lipinski definition) is 2. The van der Waals surface area contributed by atoms with Crippen molar-refractivity contribution in [2.24, 2.45) is 5.92 Å². The number of aromatic hydroxyl groups is 1. The smallest absolute Gasteiger partial charge is 0.115 e. The van der Waals surface area contributed by atoms with Crippen LogP contribution in [-0.4, -0.2) is 24.9 Å². The van der Waals surface area contributed by atoms with E-state index in [1.165, 1.54) is 5.56 Å². The lowest BCUT2D eigenvalue weighted by atomic mass is 9.99. The Morgan fingerprint density at radius 1 is 1.29 bits per heavy atom. The van der Waals surface area contributed by atoms with Gasteiger partial charge in [0.05, 0.1) is 0 Å². The normalized spacial score (nSPS) is 19.1. The van der Waals surface area contributed by atoms with Crippen LogP contribution in [0.15, 0.2) is 24.3 Å². The molecule has 1 atom stereocenters. The van der Waals surface area contributed by atoms with Crippen molar-refractivity contribution in [1.29, 1.82) is 0 Å². The molecule has 0 amide bonds. The number of rotatable bonds is 4. The minimum atomic E-state index is 0.324. The van der Waals surface area contributed by atoms with Gasteiger partial charge in [0, 0.05) is 19.3 Å². The van der Waals surface area contributed by atoms with Gasteiger partial charge in [-0.3, -0.25) is 0 Å². The van der Waals surface area contributed by atoms with Crippen molar-refractivity contribution in [1.82, 2.24) is 5.32 Å². The van der Waals surface area contributed by atoms with E-state index < -0.39 is 0 Å². The second kappa shape index (κ2) is 6.03. The first-order valence-corrected chi connectivity index (χ1v) is 6.36. The van der Waals surface area contributed by atoms with E-state index >= 15 is 0 Å². The van der Waals surface area contributed by atoms with Crippen molar-refractivity contribution in [3.63, 3.8) is 0 Å². The van der Waals surface area contributed by atoms with Gasteiger partial charge in [-0.2, -0.15) is 0 Å². The van der Waals surface area contributed by atoms with E-state index in [2.05, 4.69) is 12.2 Å². The molecule has 1 fully saturated rings. The largest absolute Gasteiger partial charge is 0.508 e. The Balaban J connectivity index is 1.80. The summed E-state index contributed by atoms with van der Waals surface area (Å²) in [6, 6.07) is 7.75. The maximum Gasteiger partial charge on any atom is 0.115 e. The van der Waals surface area contributed by atoms with Gasteiger partial charge < -0.3 is 15.2 Å². The van der Waals surface area contributed by atoms with Crippen LogP contribution in [0.5, 0.6) is 5.75 Å². The molecule has 0 aliphatic carbocycles. The highest BCUT2D eigenvalue weighted by Crippen LogP contribution is 2.18. The number of benzene rings is 1. The van der Waals surface area contributed by atoms with Gasteiger partial charge in [0.25, 0.3) is 0 Å². The van der Waals surface area contributed by atoms with E-state index in [9.17, 15) is 5.11 Å². The third-order valence-corrected chi connectivity index (χ3v) is 3.45. The summed E-state index contributed by atoms with van der Waals surface area (Å²) in [7, 11) is 0. The van der Waals surface area contributed by atoms with Gasteiger partial charge in [-0.15, -0.1) is 0 Å². The van der Waals surface area contributed by atoms with Crippen LogP contribution in [0.1, 0.15) is 31.4 Å². The van der Waals surface area contributed by atoms with Crippen molar-refractivity contribution in [2.75, 3.05) is 19.8 Å². The number of phenolic OH excluding ortho intramolecular Hbond substituents is 1. The number of phenols is 1. The van der Waals surface area contributed by atoms with Crippen molar-refractivity contribution in [3.05, 3.63) is 29.8 Å². The molecule has 17 heavy (non-hydrogen) atoms. The first-order chi connectivity index (χ1) is 8.25. The van der Waals surface area contributed by atoms with Gasteiger partial charge in [-0.1, -0.05) is 12.1 Å². The molecule has 1 aromatic rings. The molecular formula is C14H21NO2. The Hall–Kier alpha value is -1.06. The lowest BCUT2D eigenvalue weighted by molar-refractivity contribution is 0.0656. The quantitative estimate of drug-likeness (QED) is 0.842. The average Bonchev–Trinajstić information content (AvgIpc) is 2.38. The number of hydrogen-bond acceptors (Lipinski definition) is 3. The molecule has 1 unspecified atom stereocenters. The molecule has 1 aliphatic rings. The summed E-state index contributed by atoms with van der Waals surface area (Å²) in [5, 5.41) is 12.8. The number of nitrogens with one attached hydrogen (secondary N) is 1. The van der Waals surface area contributed by atoms with Crippen LogP contribution in [0.4, 0.5) is 0 Å². The molecule has 1 saturated heterocycles. The maximum absolute atomic E-state index is 9.24. The molecule has 94 valence electrons. The SMILES string of the molecule is CC(NCC1CCOCC1)c1ccc(O)cc1. The molecule has 2 rings (SSSR count). The molecule has 1 heterocycles. The van der Waals surface area contributed by atoms with Crippen LogP contribution in [0.25, 0.3) is 0 Å². The monoisotopic (exact) mass is 235 g/mol. The third-order valence-electron chi connectivity index (χ3n) is 3.45. The Bertz CT molecular complexity index is 331. The second-order valence-corrected chi connectivity index (χ2v) is 4.78. The second-order valence-electron chi connectivity index (χ2n) is 4.78. The third kappa shape index (κ3) is 3.72. The molecule has 0 bridgehead atoms. The van der Waals surface area contributed by atoms with Gasteiger partial charge in [-0.05, 0) is 49.9 Å². The zero-order chi connectivity index (χ0) is 12.1. The van der Waals surface area contributed by atoms with Gasteiger partial charge in [0.2, 0.25) is 0 Å². The van der Waals surface area contributed by atoms with Gasteiger partial charge >= 0.3 is 0 Å². The molecule has 3 heteroatoms. The Kier molecular flexibility index (Phi) is 4.40. The Morgan fingerprint density at radius 2 is 1.94 bits per heavy atom. The molecular weight excluding hydrogens is 214 g/mol. The molecule has 1 aromatic carbocycles. The molecule has 0 saturated carbocycles. The molecule has 3 nitrogen and oxygen atoms in total. The van der Waals surface area contributed by atoms with Crippen LogP contribution in [0.2, 0.25) is 0 Å². The molecule has 0 radical (unpaired) electrons. The van der Waals surface area contributed by atoms with E-state index in [1.807, 2.05) is 12.1 Å². The van der Waals surface area contributed by atoms with E-state index in [1.54, 1.807) is 12.1 Å². The fraction of sp³-hybridized carbons (Fsp3) is 0.571. The predicted octanol–water partition coefficient (Wildman–Crippen LogP) is 2.47. The van der Waals surface area contributed by atoms with E-state index in [0.29, 0.717) is 11.8 Å². The first-order valence-electron chi connectivity index (χ1n) is 6.36. The van der Waals surface area contributed by atoms with Gasteiger partial charge in [0.1, 0.15) is 5.75 Å². The summed E-state index contributed by atoms with van der Waals surface area (Å²) >= 11 is 0. The van der Waals surface area contributed by atoms with Crippen molar-refractivity contribution in [3.8, 4) is 5.75 Å². The van der Waals surface area contributed by atoms with Crippen LogP contribution in [0, 0.1) is 5.92 Å².